The van der Waals surface area contributed by atoms with Gasteiger partial charge in [-0.15, -0.1) is 0 Å². The summed E-state index contributed by atoms with van der Waals surface area (Å²) in [6.07, 6.45) is 0. The molecule has 0 amide bonds. The number of fused-ring (bicyclic) bond motifs is 18. The summed E-state index contributed by atoms with van der Waals surface area (Å²) in [6, 6.07) is 82.1. The van der Waals surface area contributed by atoms with Gasteiger partial charge in [-0.3, -0.25) is 0 Å². The predicted molar refractivity (Wildman–Crippen MR) is 295 cm³/mol. The van der Waals surface area contributed by atoms with Crippen LogP contribution in [0.3, 0.4) is 0 Å². The predicted octanol–water partition coefficient (Wildman–Crippen LogP) is 15.4. The van der Waals surface area contributed by atoms with Gasteiger partial charge in [-0.25, -0.2) is 0 Å². The van der Waals surface area contributed by atoms with Gasteiger partial charge in [0.1, 0.15) is 23.0 Å². The molecule has 0 fully saturated rings. The van der Waals surface area contributed by atoms with Gasteiger partial charge in [0.05, 0.1) is 43.9 Å². The summed E-state index contributed by atoms with van der Waals surface area (Å²) in [7, 11) is 0. The van der Waals surface area contributed by atoms with Crippen molar-refractivity contribution in [3.05, 3.63) is 224 Å². The van der Waals surface area contributed by atoms with E-state index in [4.69, 9.17) is 9.47 Å². The zero-order chi connectivity index (χ0) is 46.1. The maximum atomic E-state index is 7.39. The second kappa shape index (κ2) is 13.7. The topological polar surface area (TPSA) is 27.3 Å². The molecule has 2 aliphatic rings. The second-order valence-electron chi connectivity index (χ2n) is 19.5. The largest absolute Gasteiger partial charge is 0.458 e. The van der Waals surface area contributed by atoms with Crippen LogP contribution >= 0.6 is 0 Å². The minimum atomic E-state index is -0.191. The molecule has 0 bridgehead atoms. The average molecular weight is 901 g/mol. The Balaban J connectivity index is 1.02. The van der Waals surface area contributed by atoms with Crippen molar-refractivity contribution in [2.24, 2.45) is 0 Å². The van der Waals surface area contributed by atoms with Crippen LogP contribution in [0.25, 0.3) is 121 Å². The van der Waals surface area contributed by atoms with E-state index in [-0.39, 0.29) is 6.71 Å². The van der Waals surface area contributed by atoms with Crippen molar-refractivity contribution in [1.29, 1.82) is 0 Å². The van der Waals surface area contributed by atoms with E-state index < -0.39 is 0 Å². The highest BCUT2D eigenvalue weighted by Crippen LogP contribution is 2.50. The fraction of sp³-hybridized carbons (Fsp3) is 0. The zero-order valence-corrected chi connectivity index (χ0v) is 38.2. The third-order valence-corrected chi connectivity index (χ3v) is 15.9. The molecule has 0 spiro atoms. The van der Waals surface area contributed by atoms with Crippen molar-refractivity contribution >= 4 is 99.3 Å². The quantitative estimate of drug-likeness (QED) is 0.165. The van der Waals surface area contributed by atoms with E-state index in [1.54, 1.807) is 0 Å². The lowest BCUT2D eigenvalue weighted by atomic mass is 9.34. The highest BCUT2D eigenvalue weighted by Gasteiger charge is 2.43. The zero-order valence-electron chi connectivity index (χ0n) is 38.2. The third kappa shape index (κ3) is 4.99. The van der Waals surface area contributed by atoms with Crippen LogP contribution in [0.1, 0.15) is 0 Å². The van der Waals surface area contributed by atoms with Crippen LogP contribution in [0.5, 0.6) is 23.0 Å². The van der Waals surface area contributed by atoms with Gasteiger partial charge in [0.15, 0.2) is 0 Å². The molecule has 0 unspecified atom stereocenters. The molecule has 0 saturated heterocycles. The Kier molecular flexibility index (Phi) is 7.26. The van der Waals surface area contributed by atoms with E-state index >= 15 is 0 Å². The fourth-order valence-corrected chi connectivity index (χ4v) is 12.8. The number of aromatic nitrogens is 2. The van der Waals surface area contributed by atoms with Crippen LogP contribution in [-0.2, 0) is 0 Å². The molecular formula is C66H37BN2O2. The maximum absolute atomic E-state index is 7.39. The molecule has 2 aliphatic heterocycles. The molecule has 15 aromatic rings. The van der Waals surface area contributed by atoms with Crippen molar-refractivity contribution in [2.45, 2.75) is 0 Å². The van der Waals surface area contributed by atoms with E-state index in [0.29, 0.717) is 0 Å². The van der Waals surface area contributed by atoms with Gasteiger partial charge in [-0.1, -0.05) is 164 Å². The summed E-state index contributed by atoms with van der Waals surface area (Å²) >= 11 is 0. The molecule has 0 saturated carbocycles. The van der Waals surface area contributed by atoms with Crippen LogP contribution in [0.2, 0.25) is 0 Å². The number of ether oxygens (including phenoxy) is 2. The SMILES string of the molecule is c1ccc(-c2ccc3c(c2)c2cc4c(c5c6cc(-c7ccccc7)ccc6n3c25)Oc2cccc3c2B4c2cc4c5cc(-c6ccccc6)ccc5n5c6ccc(-c7ccccc7)cc6c(c2O3)c45)cc1. The number of benzene rings is 11. The number of hydrogen-bond donors (Lipinski definition) is 0. The molecule has 17 rings (SSSR count). The Morgan fingerprint density at radius 3 is 0.986 bits per heavy atom. The third-order valence-electron chi connectivity index (χ3n) is 15.9. The van der Waals surface area contributed by atoms with Crippen LogP contribution in [0.4, 0.5) is 0 Å². The molecule has 11 aromatic carbocycles. The standard InChI is InChI=1S/C66H37BN2O2/c1-5-14-38(15-6-1)42-24-28-54-46(32-42)48-36-52-65(60-50-34-44(40-18-9-3-10-19-40)26-30-56(50)68(54)63(48)60)70-58-22-13-23-59-62(58)67(52)53-37-49-47-33-43(39-16-7-2-8-17-39)25-29-55(47)69-57-31-27-45(41-20-11-4-12-21-41)35-51(57)61(64(49)69)66(53)71-59/h1-37H. The van der Waals surface area contributed by atoms with Crippen molar-refractivity contribution in [1.82, 2.24) is 8.80 Å². The molecule has 5 heteroatoms. The first-order valence-electron chi connectivity index (χ1n) is 24.5. The molecule has 6 heterocycles. The van der Waals surface area contributed by atoms with Gasteiger partial charge >= 0.3 is 0 Å². The smallest absolute Gasteiger partial charge is 0.260 e. The molecular weight excluding hydrogens is 864 g/mol. The first-order chi connectivity index (χ1) is 35.2. The number of nitrogens with zero attached hydrogens (tertiary/aromatic N) is 2. The minimum Gasteiger partial charge on any atom is -0.458 e. The Morgan fingerprint density at radius 1 is 0.282 bits per heavy atom. The normalized spacial score (nSPS) is 13.0. The molecule has 0 aliphatic carbocycles. The molecule has 4 nitrogen and oxygen atoms in total. The second-order valence-corrected chi connectivity index (χ2v) is 19.5. The first kappa shape index (κ1) is 37.6. The highest BCUT2D eigenvalue weighted by atomic mass is 16.5. The van der Waals surface area contributed by atoms with Gasteiger partial charge < -0.3 is 18.3 Å². The molecule has 71 heavy (non-hydrogen) atoms. The van der Waals surface area contributed by atoms with Gasteiger partial charge in [-0.2, -0.15) is 0 Å². The maximum Gasteiger partial charge on any atom is 0.260 e. The summed E-state index contributed by atoms with van der Waals surface area (Å²) in [6.45, 7) is -0.191. The lowest BCUT2D eigenvalue weighted by Gasteiger charge is -2.33. The average Bonchev–Trinajstić information content (AvgIpc) is 4.17. The summed E-state index contributed by atoms with van der Waals surface area (Å²) in [4.78, 5) is 0. The molecule has 4 aromatic heterocycles. The first-order valence-corrected chi connectivity index (χ1v) is 24.5. The molecule has 0 radical (unpaired) electrons. The highest BCUT2D eigenvalue weighted by molar-refractivity contribution is 6.99. The summed E-state index contributed by atoms with van der Waals surface area (Å²) in [5, 5.41) is 9.52. The monoisotopic (exact) mass is 900 g/mol. The number of rotatable bonds is 4. The Labute approximate surface area is 407 Å². The van der Waals surface area contributed by atoms with Crippen LogP contribution in [0.15, 0.2) is 224 Å². The Morgan fingerprint density at radius 2 is 0.620 bits per heavy atom. The Bertz CT molecular complexity index is 4430. The summed E-state index contributed by atoms with van der Waals surface area (Å²) in [5.74, 6) is 3.49. The lowest BCUT2D eigenvalue weighted by molar-refractivity contribution is 0.470. The Hall–Kier alpha value is -9.32. The molecule has 0 N–H and O–H groups in total. The van der Waals surface area contributed by atoms with E-state index in [1.807, 2.05) is 0 Å². The van der Waals surface area contributed by atoms with E-state index in [9.17, 15) is 0 Å². The van der Waals surface area contributed by atoms with Crippen LogP contribution < -0.4 is 25.9 Å². The fourth-order valence-electron chi connectivity index (χ4n) is 12.8. The van der Waals surface area contributed by atoms with Crippen molar-refractivity contribution < 1.29 is 9.47 Å². The van der Waals surface area contributed by atoms with Gasteiger partial charge in [0.2, 0.25) is 0 Å². The van der Waals surface area contributed by atoms with E-state index in [0.717, 1.165) is 50.2 Å². The molecule has 326 valence electrons. The van der Waals surface area contributed by atoms with E-state index in [2.05, 4.69) is 233 Å². The van der Waals surface area contributed by atoms with Crippen LogP contribution in [-0.4, -0.2) is 15.5 Å². The lowest BCUT2D eigenvalue weighted by Crippen LogP contribution is -2.57. The molecule has 0 atom stereocenters. The van der Waals surface area contributed by atoms with Crippen molar-refractivity contribution in [3.63, 3.8) is 0 Å². The van der Waals surface area contributed by atoms with Gasteiger partial charge in [0, 0.05) is 37.8 Å². The van der Waals surface area contributed by atoms with Crippen molar-refractivity contribution in [3.8, 4) is 67.5 Å². The number of hydrogen-bond acceptors (Lipinski definition) is 2. The van der Waals surface area contributed by atoms with Gasteiger partial charge in [-0.05, 0) is 116 Å². The van der Waals surface area contributed by atoms with Crippen LogP contribution in [0, 0.1) is 0 Å². The summed E-state index contributed by atoms with van der Waals surface area (Å²) in [5.41, 5.74) is 20.0. The minimum absolute atomic E-state index is 0.191. The summed E-state index contributed by atoms with van der Waals surface area (Å²) < 4.78 is 19.8. The van der Waals surface area contributed by atoms with Gasteiger partial charge in [0.25, 0.3) is 6.71 Å². The van der Waals surface area contributed by atoms with E-state index in [1.165, 1.54) is 110 Å². The van der Waals surface area contributed by atoms with Crippen molar-refractivity contribution in [2.75, 3.05) is 0 Å².